The fourth-order valence-electron chi connectivity index (χ4n) is 4.52. The molecule has 3 amide bonds. The van der Waals surface area contributed by atoms with Gasteiger partial charge in [0.15, 0.2) is 6.61 Å². The number of esters is 1. The summed E-state index contributed by atoms with van der Waals surface area (Å²) in [6, 6.07) is 11.4. The average molecular weight is 465 g/mol. The zero-order valence-electron chi connectivity index (χ0n) is 18.4. The molecule has 2 fully saturated rings. The highest BCUT2D eigenvalue weighted by Crippen LogP contribution is 2.42. The predicted octanol–water partition coefficient (Wildman–Crippen LogP) is 3.32. The third-order valence-electron chi connectivity index (χ3n) is 6.20. The maximum atomic E-state index is 12.9. The molecule has 3 atom stereocenters. The summed E-state index contributed by atoms with van der Waals surface area (Å²) in [7, 11) is 0. The van der Waals surface area contributed by atoms with Crippen molar-refractivity contribution in [2.45, 2.75) is 26.2 Å². The fraction of sp³-hybridized carbons (Fsp3) is 0.333. The van der Waals surface area contributed by atoms with Crippen LogP contribution in [0.1, 0.15) is 36.5 Å². The lowest BCUT2D eigenvalue weighted by atomic mass is 9.76. The summed E-state index contributed by atoms with van der Waals surface area (Å²) < 4.78 is 5.05. The Morgan fingerprint density at radius 1 is 1.09 bits per heavy atom. The Kier molecular flexibility index (Phi) is 6.40. The Labute approximate surface area is 195 Å². The third-order valence-corrected chi connectivity index (χ3v) is 6.20. The Balaban J connectivity index is 1.40. The first-order chi connectivity index (χ1) is 16.2. The van der Waals surface area contributed by atoms with Crippen LogP contribution < -0.4 is 10.2 Å². The van der Waals surface area contributed by atoms with Gasteiger partial charge >= 0.3 is 5.97 Å². The molecule has 0 spiro atoms. The van der Waals surface area contributed by atoms with Crippen molar-refractivity contribution in [1.82, 2.24) is 0 Å². The van der Waals surface area contributed by atoms with Gasteiger partial charge in [-0.3, -0.25) is 29.4 Å². The average Bonchev–Trinajstić information content (AvgIpc) is 3.06. The number of imide groups is 1. The van der Waals surface area contributed by atoms with Crippen molar-refractivity contribution in [2.24, 2.45) is 17.8 Å². The number of carbonyl (C=O) groups is 4. The number of rotatable bonds is 6. The van der Waals surface area contributed by atoms with Crippen molar-refractivity contribution in [3.63, 3.8) is 0 Å². The monoisotopic (exact) mass is 465 g/mol. The van der Waals surface area contributed by atoms with Gasteiger partial charge in [0.1, 0.15) is 0 Å². The van der Waals surface area contributed by atoms with Crippen LogP contribution in [0.25, 0.3) is 0 Å². The van der Waals surface area contributed by atoms with Crippen LogP contribution in [0.15, 0.2) is 48.5 Å². The van der Waals surface area contributed by atoms with Gasteiger partial charge in [-0.1, -0.05) is 19.1 Å². The maximum absolute atomic E-state index is 12.9. The quantitative estimate of drug-likeness (QED) is 0.299. The highest BCUT2D eigenvalue weighted by Gasteiger charge is 2.50. The van der Waals surface area contributed by atoms with E-state index in [9.17, 15) is 29.3 Å². The van der Waals surface area contributed by atoms with E-state index in [0.29, 0.717) is 24.4 Å². The highest BCUT2D eigenvalue weighted by atomic mass is 16.6. The Morgan fingerprint density at radius 2 is 1.82 bits per heavy atom. The lowest BCUT2D eigenvalue weighted by Gasteiger charge is -2.25. The molecule has 1 heterocycles. The number of ether oxygens (including phenoxy) is 1. The van der Waals surface area contributed by atoms with E-state index >= 15 is 0 Å². The molecular weight excluding hydrogens is 442 g/mol. The van der Waals surface area contributed by atoms with Crippen LogP contribution in [0.4, 0.5) is 17.1 Å². The first-order valence-corrected chi connectivity index (χ1v) is 10.9. The normalized spacial score (nSPS) is 21.7. The van der Waals surface area contributed by atoms with E-state index in [1.54, 1.807) is 12.1 Å². The largest absolute Gasteiger partial charge is 0.452 e. The first-order valence-electron chi connectivity index (χ1n) is 10.9. The number of nitrogens with zero attached hydrogens (tertiary/aromatic N) is 2. The minimum Gasteiger partial charge on any atom is -0.452 e. The molecule has 4 rings (SSSR count). The number of hydrogen-bond acceptors (Lipinski definition) is 7. The van der Waals surface area contributed by atoms with E-state index in [4.69, 9.17) is 4.74 Å². The Morgan fingerprint density at radius 3 is 2.59 bits per heavy atom. The fourth-order valence-corrected chi connectivity index (χ4v) is 4.52. The summed E-state index contributed by atoms with van der Waals surface area (Å²) in [6.45, 7) is 1.46. The summed E-state index contributed by atoms with van der Waals surface area (Å²) >= 11 is 0. The van der Waals surface area contributed by atoms with Crippen LogP contribution >= 0.6 is 0 Å². The number of nitrogens with one attached hydrogen (secondary N) is 1. The number of benzene rings is 2. The molecule has 1 N–H and O–H groups in total. The van der Waals surface area contributed by atoms with Crippen molar-refractivity contribution < 1.29 is 28.8 Å². The van der Waals surface area contributed by atoms with Gasteiger partial charge in [0.25, 0.3) is 11.6 Å². The van der Waals surface area contributed by atoms with Crippen molar-refractivity contribution in [3.05, 3.63) is 64.2 Å². The second-order valence-corrected chi connectivity index (χ2v) is 8.63. The topological polar surface area (TPSA) is 136 Å². The van der Waals surface area contributed by atoms with E-state index in [2.05, 4.69) is 12.2 Å². The van der Waals surface area contributed by atoms with Crippen molar-refractivity contribution >= 4 is 40.8 Å². The molecule has 2 aromatic carbocycles. The van der Waals surface area contributed by atoms with Crippen LogP contribution in [0, 0.1) is 27.9 Å². The van der Waals surface area contributed by atoms with Gasteiger partial charge in [-0.15, -0.1) is 0 Å². The van der Waals surface area contributed by atoms with Crippen molar-refractivity contribution in [2.75, 3.05) is 16.8 Å². The molecule has 176 valence electrons. The van der Waals surface area contributed by atoms with Gasteiger partial charge < -0.3 is 10.1 Å². The van der Waals surface area contributed by atoms with Crippen LogP contribution in [0.3, 0.4) is 0 Å². The smallest absolute Gasteiger partial charge is 0.338 e. The van der Waals surface area contributed by atoms with Crippen LogP contribution in [0.2, 0.25) is 0 Å². The number of hydrogen-bond donors (Lipinski definition) is 1. The van der Waals surface area contributed by atoms with Gasteiger partial charge in [-0.2, -0.15) is 0 Å². The molecule has 1 aliphatic heterocycles. The summed E-state index contributed by atoms with van der Waals surface area (Å²) in [5, 5.41) is 13.3. The van der Waals surface area contributed by atoms with E-state index in [1.165, 1.54) is 36.4 Å². The molecule has 10 nitrogen and oxygen atoms in total. The van der Waals surface area contributed by atoms with Crippen molar-refractivity contribution in [3.8, 4) is 0 Å². The number of nitro groups is 1. The lowest BCUT2D eigenvalue weighted by molar-refractivity contribution is -0.384. The van der Waals surface area contributed by atoms with E-state index in [0.717, 1.165) is 11.3 Å². The molecule has 10 heteroatoms. The van der Waals surface area contributed by atoms with Crippen LogP contribution in [-0.2, 0) is 19.1 Å². The molecule has 1 saturated heterocycles. The SMILES string of the molecule is C[C@@H]1CC[C@@H]2C(=O)N(c3cccc(C(=O)OCC(=O)Nc4cccc([N+](=O)[O-])c4)c3)C(=O)[C@H]2C1. The lowest BCUT2D eigenvalue weighted by Crippen LogP contribution is -2.31. The van der Waals surface area contributed by atoms with Gasteiger partial charge in [-0.25, -0.2) is 4.79 Å². The van der Waals surface area contributed by atoms with Gasteiger partial charge in [0.2, 0.25) is 11.8 Å². The molecule has 1 saturated carbocycles. The molecule has 2 aromatic rings. The van der Waals surface area contributed by atoms with E-state index < -0.39 is 23.4 Å². The summed E-state index contributed by atoms with van der Waals surface area (Å²) in [5.41, 5.74) is 0.392. The van der Waals surface area contributed by atoms with Crippen molar-refractivity contribution in [1.29, 1.82) is 0 Å². The number of amides is 3. The summed E-state index contributed by atoms with van der Waals surface area (Å²) in [6.07, 6.45) is 2.25. The van der Waals surface area contributed by atoms with Gasteiger partial charge in [0, 0.05) is 17.8 Å². The number of non-ortho nitro benzene ring substituents is 1. The molecule has 0 bridgehead atoms. The minimum atomic E-state index is -0.804. The second-order valence-electron chi connectivity index (χ2n) is 8.63. The Hall–Kier alpha value is -4.08. The van der Waals surface area contributed by atoms with Gasteiger partial charge in [0.05, 0.1) is 28.0 Å². The van der Waals surface area contributed by atoms with Crippen LogP contribution in [0.5, 0.6) is 0 Å². The Bertz CT molecular complexity index is 1180. The number of anilines is 2. The predicted molar refractivity (Wildman–Crippen MR) is 121 cm³/mol. The summed E-state index contributed by atoms with van der Waals surface area (Å²) in [5.74, 6) is -2.24. The zero-order valence-corrected chi connectivity index (χ0v) is 18.4. The number of nitro benzene ring substituents is 1. The van der Waals surface area contributed by atoms with Gasteiger partial charge in [-0.05, 0) is 49.4 Å². The molecule has 0 radical (unpaired) electrons. The molecule has 0 unspecified atom stereocenters. The molecule has 34 heavy (non-hydrogen) atoms. The third kappa shape index (κ3) is 4.66. The number of carbonyl (C=O) groups excluding carboxylic acids is 4. The molecular formula is C24H23N3O7. The first kappa shape index (κ1) is 23.1. The minimum absolute atomic E-state index is 0.0875. The highest BCUT2D eigenvalue weighted by molar-refractivity contribution is 6.22. The number of fused-ring (bicyclic) bond motifs is 1. The zero-order chi connectivity index (χ0) is 24.4. The molecule has 2 aliphatic rings. The van der Waals surface area contributed by atoms with E-state index in [1.807, 2.05) is 0 Å². The summed E-state index contributed by atoms with van der Waals surface area (Å²) in [4.78, 5) is 61.8. The van der Waals surface area contributed by atoms with E-state index in [-0.39, 0.29) is 40.6 Å². The second kappa shape index (κ2) is 9.42. The van der Waals surface area contributed by atoms with Crippen LogP contribution in [-0.4, -0.2) is 35.2 Å². The molecule has 0 aromatic heterocycles. The maximum Gasteiger partial charge on any atom is 0.338 e. The molecule has 1 aliphatic carbocycles. The standard InChI is InChI=1S/C24H23N3O7/c1-14-8-9-19-20(10-14)23(30)26(22(19)29)17-6-2-4-15(11-17)24(31)34-13-21(28)25-16-5-3-7-18(12-16)27(32)33/h2-7,11-12,14,19-20H,8-10,13H2,1H3,(H,25,28)/t14-,19+,20+/m1/s1.